The molecule has 0 saturated heterocycles. The van der Waals surface area contributed by atoms with E-state index in [0.29, 0.717) is 0 Å². The van der Waals surface area contributed by atoms with Crippen molar-refractivity contribution in [2.75, 3.05) is 0 Å². The Labute approximate surface area is 123 Å². The van der Waals surface area contributed by atoms with Crippen molar-refractivity contribution in [1.29, 1.82) is 0 Å². The number of rotatable bonds is 0. The SMILES string of the molecule is CC1=Cc2cc(C)[c-]cc2C1.[Rb+]. The van der Waals surface area contributed by atoms with E-state index >= 15 is 0 Å². The van der Waals surface area contributed by atoms with Gasteiger partial charge in [-0.2, -0.15) is 23.8 Å². The molecule has 1 aromatic carbocycles. The number of aryl methyl sites for hydroxylation is 1. The summed E-state index contributed by atoms with van der Waals surface area (Å²) < 4.78 is 0. The van der Waals surface area contributed by atoms with Gasteiger partial charge in [0.1, 0.15) is 0 Å². The van der Waals surface area contributed by atoms with Crippen LogP contribution in [0.2, 0.25) is 0 Å². The smallest absolute Gasteiger partial charge is 0.180 e. The zero-order valence-electron chi connectivity index (χ0n) is 7.94. The summed E-state index contributed by atoms with van der Waals surface area (Å²) in [7, 11) is 0. The maximum absolute atomic E-state index is 3.22. The van der Waals surface area contributed by atoms with Crippen LogP contribution in [0.25, 0.3) is 6.08 Å². The third kappa shape index (κ3) is 2.17. The second kappa shape index (κ2) is 4.32. The molecule has 0 heterocycles. The molecule has 1 aliphatic carbocycles. The Morgan fingerprint density at radius 1 is 1.33 bits per heavy atom. The van der Waals surface area contributed by atoms with Gasteiger partial charge in [-0.25, -0.2) is 0 Å². The van der Waals surface area contributed by atoms with Crippen LogP contribution in [0.4, 0.5) is 0 Å². The van der Waals surface area contributed by atoms with E-state index < -0.39 is 0 Å². The minimum absolute atomic E-state index is 0. The first-order chi connectivity index (χ1) is 5.25. The summed E-state index contributed by atoms with van der Waals surface area (Å²) in [6.45, 7) is 4.26. The van der Waals surface area contributed by atoms with E-state index in [1.165, 1.54) is 22.3 Å². The Bertz CT molecular complexity index is 324. The van der Waals surface area contributed by atoms with Gasteiger partial charge in [0.25, 0.3) is 0 Å². The minimum atomic E-state index is 0. The Morgan fingerprint density at radius 3 is 2.83 bits per heavy atom. The normalized spacial score (nSPS) is 13.3. The van der Waals surface area contributed by atoms with Crippen molar-refractivity contribution in [3.05, 3.63) is 40.5 Å². The van der Waals surface area contributed by atoms with Crippen LogP contribution in [-0.2, 0) is 6.42 Å². The van der Waals surface area contributed by atoms with Crippen LogP contribution in [0.15, 0.2) is 17.7 Å². The van der Waals surface area contributed by atoms with Crippen LogP contribution in [0.1, 0.15) is 23.6 Å². The van der Waals surface area contributed by atoms with Gasteiger partial charge in [-0.1, -0.05) is 25.0 Å². The maximum Gasteiger partial charge on any atom is 1.00 e. The molecular formula is C11H11Rb. The fourth-order valence-electron chi connectivity index (χ4n) is 1.56. The van der Waals surface area contributed by atoms with Gasteiger partial charge < -0.3 is 0 Å². The van der Waals surface area contributed by atoms with Crippen LogP contribution in [-0.4, -0.2) is 0 Å². The van der Waals surface area contributed by atoms with Crippen molar-refractivity contribution in [2.24, 2.45) is 0 Å². The number of allylic oxidation sites excluding steroid dienone is 1. The minimum Gasteiger partial charge on any atom is -0.180 e. The van der Waals surface area contributed by atoms with E-state index in [1.807, 2.05) is 0 Å². The average molecular weight is 229 g/mol. The molecule has 12 heavy (non-hydrogen) atoms. The van der Waals surface area contributed by atoms with Crippen LogP contribution < -0.4 is 58.2 Å². The zero-order chi connectivity index (χ0) is 7.84. The van der Waals surface area contributed by atoms with Crippen molar-refractivity contribution in [1.82, 2.24) is 0 Å². The predicted octanol–water partition coefficient (Wildman–Crippen LogP) is -0.241. The average Bonchev–Trinajstić information content (AvgIpc) is 2.27. The third-order valence-corrected chi connectivity index (χ3v) is 2.09. The first-order valence-electron chi connectivity index (χ1n) is 3.94. The second-order valence-electron chi connectivity index (χ2n) is 3.26. The van der Waals surface area contributed by atoms with Crippen molar-refractivity contribution in [2.45, 2.75) is 20.3 Å². The van der Waals surface area contributed by atoms with Gasteiger partial charge in [0.05, 0.1) is 0 Å². The molecule has 2 rings (SSSR count). The van der Waals surface area contributed by atoms with Crippen molar-refractivity contribution >= 4 is 6.08 Å². The van der Waals surface area contributed by atoms with Crippen LogP contribution >= 0.6 is 0 Å². The molecule has 0 nitrogen and oxygen atoms in total. The largest absolute Gasteiger partial charge is 1.00 e. The Morgan fingerprint density at radius 2 is 2.08 bits per heavy atom. The molecule has 0 aromatic heterocycles. The molecule has 1 aliphatic rings. The second-order valence-corrected chi connectivity index (χ2v) is 3.26. The molecule has 0 atom stereocenters. The molecule has 0 amide bonds. The first-order valence-corrected chi connectivity index (χ1v) is 3.94. The summed E-state index contributed by atoms with van der Waals surface area (Å²) in [4.78, 5) is 0. The van der Waals surface area contributed by atoms with Gasteiger partial charge >= 0.3 is 58.2 Å². The van der Waals surface area contributed by atoms with E-state index in [9.17, 15) is 0 Å². The fourth-order valence-corrected chi connectivity index (χ4v) is 1.56. The molecule has 0 aliphatic heterocycles. The molecule has 0 radical (unpaired) electrons. The van der Waals surface area contributed by atoms with Crippen molar-refractivity contribution in [3.8, 4) is 0 Å². The topological polar surface area (TPSA) is 0 Å². The standard InChI is InChI=1S/C11H11.Rb/c1-8-3-4-10-6-9(2)7-11(10)5-8;/h4-5,7H,6H2,1-2H3;/q-1;+1. The number of hydrogen-bond acceptors (Lipinski definition) is 0. The van der Waals surface area contributed by atoms with Crippen molar-refractivity contribution < 1.29 is 58.2 Å². The summed E-state index contributed by atoms with van der Waals surface area (Å²) in [5, 5.41) is 0. The molecule has 0 unspecified atom stereocenters. The van der Waals surface area contributed by atoms with Crippen LogP contribution in [0.3, 0.4) is 0 Å². The molecule has 1 aromatic rings. The van der Waals surface area contributed by atoms with E-state index in [4.69, 9.17) is 0 Å². The quantitative estimate of drug-likeness (QED) is 0.538. The van der Waals surface area contributed by atoms with Gasteiger partial charge in [-0.15, -0.1) is 11.1 Å². The van der Waals surface area contributed by atoms with Gasteiger partial charge in [0.15, 0.2) is 0 Å². The summed E-state index contributed by atoms with van der Waals surface area (Å²) in [5.74, 6) is 0. The van der Waals surface area contributed by atoms with Crippen LogP contribution in [0, 0.1) is 13.0 Å². The van der Waals surface area contributed by atoms with Gasteiger partial charge in [-0.05, 0) is 6.92 Å². The number of benzene rings is 1. The maximum atomic E-state index is 3.22. The van der Waals surface area contributed by atoms with Crippen molar-refractivity contribution in [3.63, 3.8) is 0 Å². The van der Waals surface area contributed by atoms with Gasteiger partial charge in [0.2, 0.25) is 0 Å². The third-order valence-electron chi connectivity index (χ3n) is 2.09. The molecule has 0 fully saturated rings. The monoisotopic (exact) mass is 228 g/mol. The zero-order valence-corrected chi connectivity index (χ0v) is 12.9. The molecule has 0 bridgehead atoms. The Balaban J connectivity index is 0.000000720. The van der Waals surface area contributed by atoms with E-state index in [0.717, 1.165) is 6.42 Å². The molecule has 56 valence electrons. The van der Waals surface area contributed by atoms with Gasteiger partial charge in [0, 0.05) is 0 Å². The predicted molar refractivity (Wildman–Crippen MR) is 47.4 cm³/mol. The summed E-state index contributed by atoms with van der Waals surface area (Å²) in [5.41, 5.74) is 5.50. The molecule has 0 spiro atoms. The van der Waals surface area contributed by atoms with Crippen LogP contribution in [0.5, 0.6) is 0 Å². The number of fused-ring (bicyclic) bond motifs is 1. The molecule has 0 saturated carbocycles. The van der Waals surface area contributed by atoms with E-state index in [1.54, 1.807) is 0 Å². The molecular weight excluding hydrogens is 218 g/mol. The summed E-state index contributed by atoms with van der Waals surface area (Å²) >= 11 is 0. The summed E-state index contributed by atoms with van der Waals surface area (Å²) in [6, 6.07) is 7.53. The number of hydrogen-bond donors (Lipinski definition) is 0. The fraction of sp³-hybridized carbons (Fsp3) is 0.273. The Kier molecular flexibility index (Phi) is 3.90. The first kappa shape index (κ1) is 10.8. The molecule has 1 heteroatoms. The molecule has 0 N–H and O–H groups in total. The van der Waals surface area contributed by atoms with Gasteiger partial charge in [-0.3, -0.25) is 0 Å². The van der Waals surface area contributed by atoms with E-state index in [-0.39, 0.29) is 58.2 Å². The summed E-state index contributed by atoms with van der Waals surface area (Å²) in [6.07, 6.45) is 3.38. The Hall–Kier alpha value is 0.765. The van der Waals surface area contributed by atoms with E-state index in [2.05, 4.69) is 38.1 Å².